The third kappa shape index (κ3) is 3.13. The molecule has 2 aromatic rings. The van der Waals surface area contributed by atoms with E-state index < -0.39 is 0 Å². The van der Waals surface area contributed by atoms with Crippen molar-refractivity contribution in [2.24, 2.45) is 0 Å². The van der Waals surface area contributed by atoms with Crippen molar-refractivity contribution in [3.63, 3.8) is 0 Å². The fourth-order valence-corrected chi connectivity index (χ4v) is 3.12. The predicted molar refractivity (Wildman–Crippen MR) is 89.6 cm³/mol. The molecule has 0 spiro atoms. The van der Waals surface area contributed by atoms with Gasteiger partial charge in [-0.05, 0) is 6.42 Å². The molecule has 0 aliphatic carbocycles. The molecule has 0 aromatic carbocycles. The Hall–Kier alpha value is -2.38. The van der Waals surface area contributed by atoms with E-state index in [0.29, 0.717) is 11.9 Å². The third-order valence-corrected chi connectivity index (χ3v) is 4.38. The predicted octanol–water partition coefficient (Wildman–Crippen LogP) is 2.08. The van der Waals surface area contributed by atoms with E-state index in [1.54, 1.807) is 0 Å². The van der Waals surface area contributed by atoms with Gasteiger partial charge in [0, 0.05) is 36.7 Å². The number of fused-ring (bicyclic) bond motifs is 1. The molecular weight excluding hydrogens is 308 g/mol. The van der Waals surface area contributed by atoms with Gasteiger partial charge in [-0.3, -0.25) is 5.10 Å². The summed E-state index contributed by atoms with van der Waals surface area (Å²) in [5, 5.41) is 7.76. The van der Waals surface area contributed by atoms with Crippen molar-refractivity contribution in [2.45, 2.75) is 45.6 Å². The first-order chi connectivity index (χ1) is 11.7. The maximum Gasteiger partial charge on any atom is 0.324 e. The highest BCUT2D eigenvalue weighted by atomic mass is 16.5. The van der Waals surface area contributed by atoms with Gasteiger partial charge in [-0.2, -0.15) is 15.1 Å². The molecule has 2 aromatic heterocycles. The van der Waals surface area contributed by atoms with Crippen molar-refractivity contribution in [1.29, 1.82) is 0 Å². The summed E-state index contributed by atoms with van der Waals surface area (Å²) < 4.78 is 10.3. The molecule has 0 saturated carbocycles. The van der Waals surface area contributed by atoms with Crippen LogP contribution in [0.25, 0.3) is 0 Å². The van der Waals surface area contributed by atoms with Gasteiger partial charge < -0.3 is 14.4 Å². The molecule has 0 radical (unpaired) electrons. The Balaban J connectivity index is 1.88. The van der Waals surface area contributed by atoms with E-state index in [4.69, 9.17) is 9.47 Å². The highest BCUT2D eigenvalue weighted by Crippen LogP contribution is 2.30. The summed E-state index contributed by atoms with van der Waals surface area (Å²) in [6.07, 6.45) is 3.16. The Morgan fingerprint density at radius 1 is 1.17 bits per heavy atom. The summed E-state index contributed by atoms with van der Waals surface area (Å²) in [5.74, 6) is 1.01. The average Bonchev–Trinajstić information content (AvgIpc) is 3.04. The summed E-state index contributed by atoms with van der Waals surface area (Å²) in [7, 11) is 3.07. The van der Waals surface area contributed by atoms with Crippen LogP contribution in [0, 0.1) is 0 Å². The van der Waals surface area contributed by atoms with Crippen LogP contribution in [0.2, 0.25) is 0 Å². The second-order valence-electron chi connectivity index (χ2n) is 6.04. The van der Waals surface area contributed by atoms with Gasteiger partial charge in [0.25, 0.3) is 0 Å². The second kappa shape index (κ2) is 7.02. The molecule has 1 N–H and O–H groups in total. The van der Waals surface area contributed by atoms with Crippen molar-refractivity contribution in [3.05, 3.63) is 17.0 Å². The summed E-state index contributed by atoms with van der Waals surface area (Å²) in [5.41, 5.74) is 3.64. The number of aromatic amines is 1. The van der Waals surface area contributed by atoms with Crippen molar-refractivity contribution in [2.75, 3.05) is 25.7 Å². The van der Waals surface area contributed by atoms with Gasteiger partial charge in [-0.1, -0.05) is 20.3 Å². The van der Waals surface area contributed by atoms with Crippen molar-refractivity contribution in [1.82, 2.24) is 25.1 Å². The van der Waals surface area contributed by atoms with Gasteiger partial charge in [0.05, 0.1) is 19.9 Å². The van der Waals surface area contributed by atoms with Crippen LogP contribution < -0.4 is 14.4 Å². The fourth-order valence-electron chi connectivity index (χ4n) is 3.12. The minimum Gasteiger partial charge on any atom is -0.467 e. The van der Waals surface area contributed by atoms with Gasteiger partial charge in [0.2, 0.25) is 5.95 Å². The number of rotatable bonds is 6. The molecule has 24 heavy (non-hydrogen) atoms. The van der Waals surface area contributed by atoms with E-state index in [1.807, 2.05) is 0 Å². The highest BCUT2D eigenvalue weighted by Gasteiger charge is 2.26. The van der Waals surface area contributed by atoms with Gasteiger partial charge in [0.15, 0.2) is 0 Å². The lowest BCUT2D eigenvalue weighted by molar-refractivity contribution is 0.339. The number of anilines is 1. The molecule has 1 unspecified atom stereocenters. The molecule has 0 amide bonds. The molecule has 3 rings (SSSR count). The van der Waals surface area contributed by atoms with Crippen LogP contribution in [-0.2, 0) is 13.0 Å². The van der Waals surface area contributed by atoms with Crippen LogP contribution in [0.1, 0.15) is 49.6 Å². The number of hydrogen-bond donors (Lipinski definition) is 1. The minimum absolute atomic E-state index is 0.259. The van der Waals surface area contributed by atoms with E-state index in [0.717, 1.165) is 38.0 Å². The van der Waals surface area contributed by atoms with Gasteiger partial charge in [-0.25, -0.2) is 0 Å². The van der Waals surface area contributed by atoms with Gasteiger partial charge in [-0.15, -0.1) is 4.98 Å². The van der Waals surface area contributed by atoms with Crippen LogP contribution in [0.15, 0.2) is 0 Å². The Morgan fingerprint density at radius 2 is 1.88 bits per heavy atom. The SMILES string of the molecule is CCCC(C)c1n[nH]c2c1CN(c1nc(OC)nc(OC)n1)CC2. The Morgan fingerprint density at radius 3 is 2.50 bits per heavy atom. The number of ether oxygens (including phenoxy) is 2. The molecule has 1 aliphatic heterocycles. The number of hydrogen-bond acceptors (Lipinski definition) is 7. The lowest BCUT2D eigenvalue weighted by atomic mass is 9.95. The molecule has 8 heteroatoms. The molecule has 3 heterocycles. The molecule has 1 aliphatic rings. The zero-order valence-electron chi connectivity index (χ0n) is 14.7. The maximum atomic E-state index is 5.15. The molecule has 8 nitrogen and oxygen atoms in total. The number of H-pyrrole nitrogens is 1. The van der Waals surface area contributed by atoms with Gasteiger partial charge >= 0.3 is 12.0 Å². The van der Waals surface area contributed by atoms with Crippen molar-refractivity contribution >= 4 is 5.95 Å². The van der Waals surface area contributed by atoms with Crippen molar-refractivity contribution in [3.8, 4) is 12.0 Å². The lowest BCUT2D eigenvalue weighted by Gasteiger charge is -2.27. The molecule has 0 bridgehead atoms. The topological polar surface area (TPSA) is 89.1 Å². The molecular formula is C16H24N6O2. The van der Waals surface area contributed by atoms with Crippen LogP contribution in [0.5, 0.6) is 12.0 Å². The van der Waals surface area contributed by atoms with E-state index in [9.17, 15) is 0 Å². The molecule has 0 fully saturated rings. The van der Waals surface area contributed by atoms with Crippen LogP contribution in [0.3, 0.4) is 0 Å². The zero-order chi connectivity index (χ0) is 17.1. The number of nitrogens with one attached hydrogen (secondary N) is 1. The standard InChI is InChI=1S/C16H24N6O2/c1-5-6-10(2)13-11-9-22(8-7-12(11)20-21-13)14-17-15(23-3)19-16(18-14)24-4/h10H,5-9H2,1-4H3,(H,20,21). The fraction of sp³-hybridized carbons (Fsp3) is 0.625. The van der Waals surface area contributed by atoms with Crippen LogP contribution in [-0.4, -0.2) is 45.9 Å². The largest absolute Gasteiger partial charge is 0.467 e. The van der Waals surface area contributed by atoms with Gasteiger partial charge in [0.1, 0.15) is 0 Å². The Bertz CT molecular complexity index is 680. The Labute approximate surface area is 141 Å². The first-order valence-electron chi connectivity index (χ1n) is 8.31. The number of nitrogens with zero attached hydrogens (tertiary/aromatic N) is 5. The first kappa shape index (κ1) is 16.5. The first-order valence-corrected chi connectivity index (χ1v) is 8.31. The normalized spacial score (nSPS) is 15.1. The second-order valence-corrected chi connectivity index (χ2v) is 6.04. The average molecular weight is 332 g/mol. The van der Waals surface area contributed by atoms with E-state index >= 15 is 0 Å². The quantitative estimate of drug-likeness (QED) is 0.866. The monoisotopic (exact) mass is 332 g/mol. The molecule has 1 atom stereocenters. The van der Waals surface area contributed by atoms with E-state index in [2.05, 4.69) is 43.9 Å². The van der Waals surface area contributed by atoms with Crippen LogP contribution in [0.4, 0.5) is 5.95 Å². The lowest BCUT2D eigenvalue weighted by Crippen LogP contribution is -2.32. The minimum atomic E-state index is 0.259. The summed E-state index contributed by atoms with van der Waals surface area (Å²) in [4.78, 5) is 14.9. The number of methoxy groups -OCH3 is 2. The zero-order valence-corrected chi connectivity index (χ0v) is 14.7. The third-order valence-electron chi connectivity index (χ3n) is 4.38. The molecule has 0 saturated heterocycles. The summed E-state index contributed by atoms with van der Waals surface area (Å²) in [6.45, 7) is 5.97. The smallest absolute Gasteiger partial charge is 0.324 e. The number of aromatic nitrogens is 5. The van der Waals surface area contributed by atoms with E-state index in [1.165, 1.54) is 25.5 Å². The van der Waals surface area contributed by atoms with E-state index in [-0.39, 0.29) is 12.0 Å². The Kier molecular flexibility index (Phi) is 4.82. The maximum absolute atomic E-state index is 5.15. The summed E-state index contributed by atoms with van der Waals surface area (Å²) >= 11 is 0. The highest BCUT2D eigenvalue weighted by molar-refractivity contribution is 5.41. The molecule has 130 valence electrons. The summed E-state index contributed by atoms with van der Waals surface area (Å²) in [6, 6.07) is 0.517. The van der Waals surface area contributed by atoms with Crippen molar-refractivity contribution < 1.29 is 9.47 Å². The van der Waals surface area contributed by atoms with Crippen LogP contribution >= 0.6 is 0 Å².